The molecule has 0 aromatic heterocycles. The van der Waals surface area contributed by atoms with Crippen LogP contribution in [0.5, 0.6) is 0 Å². The molecule has 1 amide bonds. The first-order valence-corrected chi connectivity index (χ1v) is 5.96. The predicted octanol–water partition coefficient (Wildman–Crippen LogP) is 1.86. The first-order chi connectivity index (χ1) is 8.56. The molecule has 0 bridgehead atoms. The number of amides is 1. The number of anilines is 1. The minimum Gasteiger partial charge on any atom is -0.374 e. The molecule has 0 aliphatic carbocycles. The maximum absolute atomic E-state index is 11.4. The Balaban J connectivity index is 2.53. The number of nitriles is 1. The summed E-state index contributed by atoms with van der Waals surface area (Å²) >= 11 is 0. The van der Waals surface area contributed by atoms with Gasteiger partial charge in [-0.15, -0.1) is 0 Å². The van der Waals surface area contributed by atoms with E-state index in [2.05, 4.69) is 6.07 Å². The summed E-state index contributed by atoms with van der Waals surface area (Å²) in [6.07, 6.45) is 1.32. The summed E-state index contributed by atoms with van der Waals surface area (Å²) in [5.74, 6) is 0.136. The third kappa shape index (κ3) is 3.77. The van der Waals surface area contributed by atoms with Gasteiger partial charge in [-0.2, -0.15) is 5.26 Å². The smallest absolute Gasteiger partial charge is 0.222 e. The van der Waals surface area contributed by atoms with Gasteiger partial charge >= 0.3 is 0 Å². The predicted molar refractivity (Wildman–Crippen MR) is 72.4 cm³/mol. The fourth-order valence-corrected chi connectivity index (χ4v) is 1.71. The van der Waals surface area contributed by atoms with Gasteiger partial charge in [0.1, 0.15) is 6.07 Å². The van der Waals surface area contributed by atoms with Crippen molar-refractivity contribution in [2.24, 2.45) is 0 Å². The number of benzene rings is 1. The normalized spacial score (nSPS) is 9.67. The van der Waals surface area contributed by atoms with Crippen molar-refractivity contribution in [3.8, 4) is 6.07 Å². The van der Waals surface area contributed by atoms with Crippen LogP contribution in [0.4, 0.5) is 5.69 Å². The Kier molecular flexibility index (Phi) is 5.19. The van der Waals surface area contributed by atoms with E-state index in [-0.39, 0.29) is 5.91 Å². The molecule has 0 spiro atoms. The van der Waals surface area contributed by atoms with E-state index in [0.29, 0.717) is 12.0 Å². The summed E-state index contributed by atoms with van der Waals surface area (Å²) in [6, 6.07) is 9.67. The summed E-state index contributed by atoms with van der Waals surface area (Å²) in [7, 11) is 5.46. The molecular weight excluding hydrogens is 226 g/mol. The molecule has 0 atom stereocenters. The molecule has 96 valence electrons. The van der Waals surface area contributed by atoms with Crippen LogP contribution in [-0.2, 0) is 4.79 Å². The molecule has 0 aliphatic rings. The first-order valence-electron chi connectivity index (χ1n) is 5.96. The molecule has 1 rings (SSSR count). The van der Waals surface area contributed by atoms with Gasteiger partial charge in [-0.05, 0) is 18.6 Å². The summed E-state index contributed by atoms with van der Waals surface area (Å²) in [5.41, 5.74) is 1.58. The third-order valence-electron chi connectivity index (χ3n) is 2.82. The molecule has 0 heterocycles. The van der Waals surface area contributed by atoms with Crippen LogP contribution >= 0.6 is 0 Å². The van der Waals surface area contributed by atoms with Crippen molar-refractivity contribution >= 4 is 11.6 Å². The zero-order valence-corrected chi connectivity index (χ0v) is 11.2. The highest BCUT2D eigenvalue weighted by Gasteiger charge is 2.08. The van der Waals surface area contributed by atoms with E-state index in [0.717, 1.165) is 18.7 Å². The number of carbonyl (C=O) groups excluding carboxylic acids is 1. The monoisotopic (exact) mass is 245 g/mol. The Morgan fingerprint density at radius 3 is 2.56 bits per heavy atom. The topological polar surface area (TPSA) is 47.3 Å². The second-order valence-corrected chi connectivity index (χ2v) is 4.44. The van der Waals surface area contributed by atoms with E-state index in [1.807, 2.05) is 30.1 Å². The van der Waals surface area contributed by atoms with Crippen LogP contribution in [0, 0.1) is 11.3 Å². The minimum absolute atomic E-state index is 0.136. The first kappa shape index (κ1) is 14.0. The Labute approximate surface area is 108 Å². The Morgan fingerprint density at radius 2 is 1.94 bits per heavy atom. The van der Waals surface area contributed by atoms with Crippen LogP contribution in [-0.4, -0.2) is 38.5 Å². The lowest BCUT2D eigenvalue weighted by Crippen LogP contribution is -2.24. The van der Waals surface area contributed by atoms with E-state index in [9.17, 15) is 4.79 Å². The number of para-hydroxylation sites is 1. The molecule has 0 aliphatic heterocycles. The molecule has 0 radical (unpaired) electrons. The van der Waals surface area contributed by atoms with Crippen LogP contribution in [0.3, 0.4) is 0 Å². The van der Waals surface area contributed by atoms with E-state index in [4.69, 9.17) is 5.26 Å². The van der Waals surface area contributed by atoms with Gasteiger partial charge in [0.25, 0.3) is 0 Å². The fraction of sp³-hybridized carbons (Fsp3) is 0.429. The number of hydrogen-bond donors (Lipinski definition) is 0. The average Bonchev–Trinajstić information content (AvgIpc) is 2.38. The van der Waals surface area contributed by atoms with Crippen molar-refractivity contribution < 1.29 is 4.79 Å². The second-order valence-electron chi connectivity index (χ2n) is 4.44. The quantitative estimate of drug-likeness (QED) is 0.795. The van der Waals surface area contributed by atoms with Gasteiger partial charge in [0.15, 0.2) is 0 Å². The lowest BCUT2D eigenvalue weighted by Gasteiger charge is -2.20. The Hall–Kier alpha value is -2.02. The highest BCUT2D eigenvalue weighted by atomic mass is 16.2. The summed E-state index contributed by atoms with van der Waals surface area (Å²) in [5, 5.41) is 9.02. The highest BCUT2D eigenvalue weighted by Crippen LogP contribution is 2.18. The van der Waals surface area contributed by atoms with Crippen molar-refractivity contribution in [3.05, 3.63) is 29.8 Å². The number of carbonyl (C=O) groups is 1. The van der Waals surface area contributed by atoms with E-state index in [1.54, 1.807) is 25.1 Å². The molecule has 4 nitrogen and oxygen atoms in total. The summed E-state index contributed by atoms with van der Waals surface area (Å²) < 4.78 is 0. The van der Waals surface area contributed by atoms with Crippen LogP contribution < -0.4 is 4.90 Å². The average molecular weight is 245 g/mol. The van der Waals surface area contributed by atoms with E-state index < -0.39 is 0 Å². The maximum atomic E-state index is 11.4. The molecule has 18 heavy (non-hydrogen) atoms. The molecular formula is C14H19N3O. The van der Waals surface area contributed by atoms with Crippen molar-refractivity contribution in [1.29, 1.82) is 5.26 Å². The van der Waals surface area contributed by atoms with E-state index >= 15 is 0 Å². The fourth-order valence-electron chi connectivity index (χ4n) is 1.71. The largest absolute Gasteiger partial charge is 0.374 e. The minimum atomic E-state index is 0.136. The second kappa shape index (κ2) is 6.65. The van der Waals surface area contributed by atoms with Gasteiger partial charge in [-0.1, -0.05) is 12.1 Å². The SMILES string of the molecule is CN(C)C(=O)CCCN(C)c1ccccc1C#N. The molecule has 0 saturated carbocycles. The lowest BCUT2D eigenvalue weighted by atomic mass is 10.1. The van der Waals surface area contributed by atoms with Crippen molar-refractivity contribution in [3.63, 3.8) is 0 Å². The van der Waals surface area contributed by atoms with Crippen LogP contribution in [0.1, 0.15) is 18.4 Å². The molecule has 0 saturated heterocycles. The Bertz CT molecular complexity index is 449. The summed E-state index contributed by atoms with van der Waals surface area (Å²) in [6.45, 7) is 0.762. The van der Waals surface area contributed by atoms with Crippen molar-refractivity contribution in [2.45, 2.75) is 12.8 Å². The maximum Gasteiger partial charge on any atom is 0.222 e. The zero-order chi connectivity index (χ0) is 13.5. The Morgan fingerprint density at radius 1 is 1.28 bits per heavy atom. The van der Waals surface area contributed by atoms with Crippen LogP contribution in [0.15, 0.2) is 24.3 Å². The van der Waals surface area contributed by atoms with Gasteiger partial charge in [-0.25, -0.2) is 0 Å². The van der Waals surface area contributed by atoms with Gasteiger partial charge in [-0.3, -0.25) is 4.79 Å². The molecule has 4 heteroatoms. The molecule has 0 unspecified atom stereocenters. The zero-order valence-electron chi connectivity index (χ0n) is 11.2. The molecule has 1 aromatic carbocycles. The van der Waals surface area contributed by atoms with Crippen molar-refractivity contribution in [1.82, 2.24) is 4.90 Å². The summed E-state index contributed by atoms with van der Waals surface area (Å²) in [4.78, 5) is 15.1. The van der Waals surface area contributed by atoms with Gasteiger partial charge < -0.3 is 9.80 Å². The van der Waals surface area contributed by atoms with E-state index in [1.165, 1.54) is 0 Å². The molecule has 0 N–H and O–H groups in total. The number of hydrogen-bond acceptors (Lipinski definition) is 3. The van der Waals surface area contributed by atoms with Crippen molar-refractivity contribution in [2.75, 3.05) is 32.6 Å². The molecule has 0 fully saturated rings. The standard InChI is InChI=1S/C14H19N3O/c1-16(2)14(18)9-6-10-17(3)13-8-5-4-7-12(13)11-15/h4-5,7-8H,6,9-10H2,1-3H3. The van der Waals surface area contributed by atoms with Crippen LogP contribution in [0.25, 0.3) is 0 Å². The lowest BCUT2D eigenvalue weighted by molar-refractivity contribution is -0.128. The van der Waals surface area contributed by atoms with Crippen LogP contribution in [0.2, 0.25) is 0 Å². The highest BCUT2D eigenvalue weighted by molar-refractivity contribution is 5.75. The molecule has 1 aromatic rings. The third-order valence-corrected chi connectivity index (χ3v) is 2.82. The van der Waals surface area contributed by atoms with Gasteiger partial charge in [0, 0.05) is 34.1 Å². The number of rotatable bonds is 5. The number of nitrogens with zero attached hydrogens (tertiary/aromatic N) is 3. The van der Waals surface area contributed by atoms with Gasteiger partial charge in [0.2, 0.25) is 5.91 Å². The van der Waals surface area contributed by atoms with Gasteiger partial charge in [0.05, 0.1) is 11.3 Å².